The Hall–Kier alpha value is -1.36. The predicted octanol–water partition coefficient (Wildman–Crippen LogP) is 2.05. The van der Waals surface area contributed by atoms with Crippen molar-refractivity contribution in [1.29, 1.82) is 0 Å². The lowest BCUT2D eigenvalue weighted by Crippen LogP contribution is -2.28. The van der Waals surface area contributed by atoms with Crippen molar-refractivity contribution in [3.05, 3.63) is 17.0 Å². The molecule has 0 aliphatic carbocycles. The number of methoxy groups -OCH3 is 1. The summed E-state index contributed by atoms with van der Waals surface area (Å²) in [5.41, 5.74) is 1.04. The van der Waals surface area contributed by atoms with Gasteiger partial charge >= 0.3 is 0 Å². The Balaban J connectivity index is 2.76. The molecule has 18 heavy (non-hydrogen) atoms. The lowest BCUT2D eigenvalue weighted by atomic mass is 9.88. The number of nitrogens with zero attached hydrogens (tertiary/aromatic N) is 1. The summed E-state index contributed by atoms with van der Waals surface area (Å²) in [6.45, 7) is 8.99. The molecule has 0 atom stereocenters. The predicted molar refractivity (Wildman–Crippen MR) is 68.8 cm³/mol. The van der Waals surface area contributed by atoms with E-state index < -0.39 is 0 Å². The normalized spacial score (nSPS) is 11.6. The molecule has 0 saturated carbocycles. The van der Waals surface area contributed by atoms with Crippen molar-refractivity contribution >= 4 is 5.91 Å². The SMILES string of the molecule is COCCCNC(=O)c1c(C(C)(C)C)noc1C. The van der Waals surface area contributed by atoms with Gasteiger partial charge in [-0.05, 0) is 13.3 Å². The number of hydrogen-bond acceptors (Lipinski definition) is 4. The van der Waals surface area contributed by atoms with Crippen LogP contribution in [0.25, 0.3) is 0 Å². The molecule has 1 aromatic heterocycles. The van der Waals surface area contributed by atoms with Crippen molar-refractivity contribution in [1.82, 2.24) is 10.5 Å². The fraction of sp³-hybridized carbons (Fsp3) is 0.692. The molecule has 5 heteroatoms. The summed E-state index contributed by atoms with van der Waals surface area (Å²) in [5.74, 6) is 0.430. The maximum Gasteiger partial charge on any atom is 0.256 e. The molecule has 1 rings (SSSR count). The van der Waals surface area contributed by atoms with Crippen LogP contribution in [-0.4, -0.2) is 31.3 Å². The molecule has 0 unspecified atom stereocenters. The Morgan fingerprint density at radius 2 is 2.11 bits per heavy atom. The molecule has 1 aromatic rings. The van der Waals surface area contributed by atoms with Crippen LogP contribution in [0.3, 0.4) is 0 Å². The first kappa shape index (κ1) is 14.7. The van der Waals surface area contributed by atoms with E-state index in [-0.39, 0.29) is 11.3 Å². The molecule has 0 spiro atoms. The first-order valence-electron chi connectivity index (χ1n) is 6.11. The molecule has 1 N–H and O–H groups in total. The maximum atomic E-state index is 12.1. The summed E-state index contributed by atoms with van der Waals surface area (Å²) in [6.07, 6.45) is 0.789. The van der Waals surface area contributed by atoms with Crippen LogP contribution in [0.5, 0.6) is 0 Å². The lowest BCUT2D eigenvalue weighted by Gasteiger charge is -2.16. The van der Waals surface area contributed by atoms with E-state index in [1.807, 2.05) is 20.8 Å². The van der Waals surface area contributed by atoms with Crippen LogP contribution in [0.4, 0.5) is 0 Å². The van der Waals surface area contributed by atoms with Gasteiger partial charge < -0.3 is 14.6 Å². The summed E-state index contributed by atoms with van der Waals surface area (Å²) in [6, 6.07) is 0. The smallest absolute Gasteiger partial charge is 0.256 e. The molecule has 0 saturated heterocycles. The Bertz CT molecular complexity index is 405. The van der Waals surface area contributed by atoms with Crippen molar-refractivity contribution < 1.29 is 14.1 Å². The van der Waals surface area contributed by atoms with Crippen LogP contribution < -0.4 is 5.32 Å². The van der Waals surface area contributed by atoms with E-state index >= 15 is 0 Å². The number of nitrogens with one attached hydrogen (secondary N) is 1. The van der Waals surface area contributed by atoms with Gasteiger partial charge in [0.15, 0.2) is 0 Å². The van der Waals surface area contributed by atoms with Crippen LogP contribution in [0, 0.1) is 6.92 Å². The highest BCUT2D eigenvalue weighted by Crippen LogP contribution is 2.26. The minimum absolute atomic E-state index is 0.130. The van der Waals surface area contributed by atoms with Gasteiger partial charge in [-0.15, -0.1) is 0 Å². The zero-order valence-corrected chi connectivity index (χ0v) is 11.8. The first-order chi connectivity index (χ1) is 8.38. The summed E-state index contributed by atoms with van der Waals surface area (Å²) in [5, 5.41) is 6.85. The Morgan fingerprint density at radius 3 is 2.67 bits per heavy atom. The van der Waals surface area contributed by atoms with Crippen LogP contribution in [0.2, 0.25) is 0 Å². The van der Waals surface area contributed by atoms with Crippen LogP contribution in [0.15, 0.2) is 4.52 Å². The topological polar surface area (TPSA) is 64.4 Å². The van der Waals surface area contributed by atoms with Gasteiger partial charge in [-0.25, -0.2) is 0 Å². The average molecular weight is 254 g/mol. The third-order valence-electron chi connectivity index (χ3n) is 2.61. The van der Waals surface area contributed by atoms with Gasteiger partial charge in [0.25, 0.3) is 5.91 Å². The molecule has 102 valence electrons. The molecule has 0 aliphatic rings. The monoisotopic (exact) mass is 254 g/mol. The third kappa shape index (κ3) is 3.57. The van der Waals surface area contributed by atoms with Gasteiger partial charge in [-0.2, -0.15) is 0 Å². The third-order valence-corrected chi connectivity index (χ3v) is 2.61. The molecule has 1 amide bonds. The summed E-state index contributed by atoms with van der Waals surface area (Å²) in [4.78, 5) is 12.1. The maximum absolute atomic E-state index is 12.1. The number of rotatable bonds is 5. The van der Waals surface area contributed by atoms with Crippen molar-refractivity contribution in [2.75, 3.05) is 20.3 Å². The van der Waals surface area contributed by atoms with Crippen molar-refractivity contribution in [2.24, 2.45) is 0 Å². The van der Waals surface area contributed by atoms with E-state index in [1.54, 1.807) is 14.0 Å². The average Bonchev–Trinajstić information content (AvgIpc) is 2.66. The molecule has 0 bridgehead atoms. The number of amides is 1. The van der Waals surface area contributed by atoms with Crippen molar-refractivity contribution in [3.8, 4) is 0 Å². The quantitative estimate of drug-likeness (QED) is 0.817. The van der Waals surface area contributed by atoms with Gasteiger partial charge in [0.05, 0.1) is 0 Å². The molecule has 0 radical (unpaired) electrons. The molecule has 0 fully saturated rings. The molecular weight excluding hydrogens is 232 g/mol. The highest BCUT2D eigenvalue weighted by Gasteiger charge is 2.28. The highest BCUT2D eigenvalue weighted by atomic mass is 16.5. The van der Waals surface area contributed by atoms with E-state index in [9.17, 15) is 4.79 Å². The van der Waals surface area contributed by atoms with E-state index in [1.165, 1.54) is 0 Å². The molecule has 1 heterocycles. The van der Waals surface area contributed by atoms with Crippen LogP contribution in [-0.2, 0) is 10.2 Å². The Kier molecular flexibility index (Phi) is 4.90. The molecule has 5 nitrogen and oxygen atoms in total. The van der Waals surface area contributed by atoms with E-state index in [0.29, 0.717) is 30.2 Å². The van der Waals surface area contributed by atoms with Crippen LogP contribution >= 0.6 is 0 Å². The number of aryl methyl sites for hydroxylation is 1. The minimum Gasteiger partial charge on any atom is -0.385 e. The number of carbonyl (C=O) groups excluding carboxylic acids is 1. The molecule has 0 aliphatic heterocycles. The zero-order valence-electron chi connectivity index (χ0n) is 11.8. The summed E-state index contributed by atoms with van der Waals surface area (Å²) < 4.78 is 10.1. The standard InChI is InChI=1S/C13H22N2O3/c1-9-10(11(15-18-9)13(2,3)4)12(16)14-7-6-8-17-5/h6-8H2,1-5H3,(H,14,16). The minimum atomic E-state index is -0.211. The summed E-state index contributed by atoms with van der Waals surface area (Å²) in [7, 11) is 1.64. The second-order valence-electron chi connectivity index (χ2n) is 5.31. The van der Waals surface area contributed by atoms with E-state index in [0.717, 1.165) is 6.42 Å². The molecule has 0 aromatic carbocycles. The number of ether oxygens (including phenoxy) is 1. The van der Waals surface area contributed by atoms with Gasteiger partial charge in [-0.3, -0.25) is 4.79 Å². The zero-order chi connectivity index (χ0) is 13.8. The fourth-order valence-corrected chi connectivity index (χ4v) is 1.66. The highest BCUT2D eigenvalue weighted by molar-refractivity contribution is 5.96. The number of hydrogen-bond donors (Lipinski definition) is 1. The second-order valence-corrected chi connectivity index (χ2v) is 5.31. The van der Waals surface area contributed by atoms with Crippen LogP contribution in [0.1, 0.15) is 49.0 Å². The first-order valence-corrected chi connectivity index (χ1v) is 6.11. The van der Waals surface area contributed by atoms with E-state index in [4.69, 9.17) is 9.26 Å². The Labute approximate surface area is 108 Å². The fourth-order valence-electron chi connectivity index (χ4n) is 1.66. The van der Waals surface area contributed by atoms with Crippen molar-refractivity contribution in [3.63, 3.8) is 0 Å². The Morgan fingerprint density at radius 1 is 1.44 bits per heavy atom. The van der Waals surface area contributed by atoms with Gasteiger partial charge in [0, 0.05) is 25.7 Å². The van der Waals surface area contributed by atoms with E-state index in [2.05, 4.69) is 10.5 Å². The van der Waals surface area contributed by atoms with Crippen molar-refractivity contribution in [2.45, 2.75) is 39.5 Å². The largest absolute Gasteiger partial charge is 0.385 e. The summed E-state index contributed by atoms with van der Waals surface area (Å²) >= 11 is 0. The number of carbonyl (C=O) groups is 1. The molecular formula is C13H22N2O3. The second kappa shape index (κ2) is 6.00. The van der Waals surface area contributed by atoms with Gasteiger partial charge in [0.2, 0.25) is 0 Å². The number of aromatic nitrogens is 1. The van der Waals surface area contributed by atoms with Gasteiger partial charge in [0.1, 0.15) is 17.0 Å². The lowest BCUT2D eigenvalue weighted by molar-refractivity contribution is 0.0945. The van der Waals surface area contributed by atoms with Gasteiger partial charge in [-0.1, -0.05) is 25.9 Å².